The zero-order valence-electron chi connectivity index (χ0n) is 10.1. The summed E-state index contributed by atoms with van der Waals surface area (Å²) >= 11 is 0. The Morgan fingerprint density at radius 3 is 2.41 bits per heavy atom. The van der Waals surface area contributed by atoms with Crippen LogP contribution in [-0.4, -0.2) is 46.2 Å². The monoisotopic (exact) mass is 261 g/mol. The quantitative estimate of drug-likeness (QED) is 0.817. The minimum absolute atomic E-state index is 0.0469. The van der Waals surface area contributed by atoms with Gasteiger partial charge in [-0.1, -0.05) is 0 Å². The third kappa shape index (κ3) is 2.18. The van der Waals surface area contributed by atoms with Gasteiger partial charge in [0.15, 0.2) is 5.03 Å². The normalized spacial score (nSPS) is 13.0. The lowest BCUT2D eigenvalue weighted by Gasteiger charge is -2.30. The van der Waals surface area contributed by atoms with E-state index in [-0.39, 0.29) is 5.03 Å². The van der Waals surface area contributed by atoms with Crippen LogP contribution in [0, 0.1) is 0 Å². The topological polar surface area (TPSA) is 92.5 Å². The van der Waals surface area contributed by atoms with Crippen molar-refractivity contribution >= 4 is 16.0 Å². The Balaban J connectivity index is 3.26. The molecular weight excluding hydrogens is 246 g/mol. The Kier molecular flexibility index (Phi) is 3.30. The molecule has 0 aliphatic carbocycles. The second-order valence-corrected chi connectivity index (χ2v) is 6.05. The number of carboxylic acid groups (broad SMARTS) is 1. The highest BCUT2D eigenvalue weighted by Gasteiger charge is 2.41. The summed E-state index contributed by atoms with van der Waals surface area (Å²) in [6, 6.07) is 1.32. The predicted molar refractivity (Wildman–Crippen MR) is 59.9 cm³/mol. The Morgan fingerprint density at radius 2 is 2.06 bits per heavy atom. The molecule has 0 aliphatic heterocycles. The van der Waals surface area contributed by atoms with Crippen LogP contribution in [0.1, 0.15) is 13.8 Å². The molecule has 7 nitrogen and oxygen atoms in total. The van der Waals surface area contributed by atoms with Crippen LogP contribution in [-0.2, 0) is 21.9 Å². The van der Waals surface area contributed by atoms with Crippen molar-refractivity contribution in [3.8, 4) is 0 Å². The molecule has 8 heteroatoms. The van der Waals surface area contributed by atoms with E-state index in [1.54, 1.807) is 0 Å². The minimum Gasteiger partial charge on any atom is -0.480 e. The maximum Gasteiger partial charge on any atom is 0.324 e. The first-order valence-corrected chi connectivity index (χ1v) is 6.26. The van der Waals surface area contributed by atoms with Gasteiger partial charge in [0.05, 0.1) is 6.20 Å². The van der Waals surface area contributed by atoms with E-state index in [0.717, 1.165) is 4.31 Å². The lowest BCUT2D eigenvalue weighted by atomic mass is 10.1. The molecule has 0 fully saturated rings. The van der Waals surface area contributed by atoms with Gasteiger partial charge >= 0.3 is 5.97 Å². The molecule has 1 rings (SSSR count). The molecule has 0 atom stereocenters. The van der Waals surface area contributed by atoms with Crippen molar-refractivity contribution < 1.29 is 18.3 Å². The largest absolute Gasteiger partial charge is 0.480 e. The van der Waals surface area contributed by atoms with Crippen LogP contribution in [0.25, 0.3) is 0 Å². The van der Waals surface area contributed by atoms with Crippen LogP contribution in [0.3, 0.4) is 0 Å². The van der Waals surface area contributed by atoms with E-state index in [2.05, 4.69) is 5.10 Å². The SMILES string of the molecule is CN(C(C)(C)C(=O)O)S(=O)(=O)c1ccnn1C. The molecule has 0 aliphatic rings. The molecule has 96 valence electrons. The molecule has 0 spiro atoms. The van der Waals surface area contributed by atoms with Crippen molar-refractivity contribution in [2.24, 2.45) is 7.05 Å². The van der Waals surface area contributed by atoms with E-state index in [1.165, 1.54) is 44.9 Å². The van der Waals surface area contributed by atoms with Crippen molar-refractivity contribution in [3.63, 3.8) is 0 Å². The number of hydrogen-bond donors (Lipinski definition) is 1. The van der Waals surface area contributed by atoms with E-state index in [9.17, 15) is 13.2 Å². The van der Waals surface area contributed by atoms with Gasteiger partial charge < -0.3 is 5.11 Å². The number of rotatable bonds is 4. The standard InChI is InChI=1S/C9H15N3O4S/c1-9(2,8(13)14)12(4)17(15,16)7-5-6-10-11(7)3/h5-6H,1-4H3,(H,13,14). The average molecular weight is 261 g/mol. The smallest absolute Gasteiger partial charge is 0.324 e. The molecule has 0 saturated heterocycles. The van der Waals surface area contributed by atoms with Crippen LogP contribution in [0.15, 0.2) is 17.3 Å². The number of likely N-dealkylation sites (N-methyl/N-ethyl adjacent to an activating group) is 1. The van der Waals surface area contributed by atoms with E-state index in [4.69, 9.17) is 5.11 Å². The maximum absolute atomic E-state index is 12.2. The Bertz CT molecular complexity index is 532. The molecule has 1 aromatic heterocycles. The number of aromatic nitrogens is 2. The first-order chi connectivity index (χ1) is 7.61. The second-order valence-electron chi connectivity index (χ2n) is 4.13. The minimum atomic E-state index is -3.88. The van der Waals surface area contributed by atoms with E-state index in [1.807, 2.05) is 0 Å². The summed E-state index contributed by atoms with van der Waals surface area (Å²) in [4.78, 5) is 11.0. The average Bonchev–Trinajstić information content (AvgIpc) is 2.63. The lowest BCUT2D eigenvalue weighted by molar-refractivity contribution is -0.145. The first-order valence-electron chi connectivity index (χ1n) is 4.82. The highest BCUT2D eigenvalue weighted by atomic mass is 32.2. The molecule has 1 heterocycles. The van der Waals surface area contributed by atoms with Crippen LogP contribution in [0.5, 0.6) is 0 Å². The molecule has 0 amide bonds. The van der Waals surface area contributed by atoms with Crippen LogP contribution >= 0.6 is 0 Å². The van der Waals surface area contributed by atoms with E-state index in [0.29, 0.717) is 0 Å². The summed E-state index contributed by atoms with van der Waals surface area (Å²) in [5.74, 6) is -1.22. The van der Waals surface area contributed by atoms with Crippen molar-refractivity contribution in [3.05, 3.63) is 12.3 Å². The summed E-state index contributed by atoms with van der Waals surface area (Å²) in [7, 11) is -1.16. The van der Waals surface area contributed by atoms with Gasteiger partial charge in [0.1, 0.15) is 5.54 Å². The fourth-order valence-electron chi connectivity index (χ4n) is 1.19. The van der Waals surface area contributed by atoms with Gasteiger partial charge in [-0.15, -0.1) is 0 Å². The molecule has 0 aromatic carbocycles. The molecule has 17 heavy (non-hydrogen) atoms. The molecule has 1 aromatic rings. The third-order valence-electron chi connectivity index (χ3n) is 2.71. The number of carboxylic acids is 1. The van der Waals surface area contributed by atoms with Gasteiger partial charge in [0.2, 0.25) is 0 Å². The van der Waals surface area contributed by atoms with Gasteiger partial charge in [-0.2, -0.15) is 9.40 Å². The summed E-state index contributed by atoms with van der Waals surface area (Å²) in [5, 5.41) is 12.7. The van der Waals surface area contributed by atoms with Gasteiger partial charge in [-0.05, 0) is 19.9 Å². The zero-order valence-corrected chi connectivity index (χ0v) is 10.9. The van der Waals surface area contributed by atoms with E-state index < -0.39 is 21.5 Å². The number of aliphatic carboxylic acids is 1. The third-order valence-corrected chi connectivity index (χ3v) is 4.82. The van der Waals surface area contributed by atoms with E-state index >= 15 is 0 Å². The molecular formula is C9H15N3O4S. The summed E-state index contributed by atoms with van der Waals surface area (Å²) < 4.78 is 26.3. The fraction of sp³-hybridized carbons (Fsp3) is 0.556. The Morgan fingerprint density at radius 1 is 1.53 bits per heavy atom. The fourth-order valence-corrected chi connectivity index (χ4v) is 2.76. The predicted octanol–water partition coefficient (Wildman–Crippen LogP) is -0.0962. The van der Waals surface area contributed by atoms with Crippen LogP contribution in [0.4, 0.5) is 0 Å². The first kappa shape index (κ1) is 13.7. The maximum atomic E-state index is 12.2. The summed E-state index contributed by atoms with van der Waals surface area (Å²) in [6.45, 7) is 2.65. The molecule has 0 bridgehead atoms. The van der Waals surface area contributed by atoms with Gasteiger partial charge in [0, 0.05) is 14.1 Å². The number of nitrogens with zero attached hydrogens (tertiary/aromatic N) is 3. The number of aryl methyl sites for hydroxylation is 1. The highest BCUT2D eigenvalue weighted by molar-refractivity contribution is 7.89. The summed E-state index contributed by atoms with van der Waals surface area (Å²) in [6.07, 6.45) is 1.34. The summed E-state index contributed by atoms with van der Waals surface area (Å²) in [5.41, 5.74) is -1.52. The Hall–Kier alpha value is -1.41. The van der Waals surface area contributed by atoms with Crippen molar-refractivity contribution in [2.45, 2.75) is 24.4 Å². The number of carbonyl (C=O) groups is 1. The number of hydrogen-bond acceptors (Lipinski definition) is 4. The van der Waals surface area contributed by atoms with Crippen LogP contribution < -0.4 is 0 Å². The van der Waals surface area contributed by atoms with Gasteiger partial charge in [0.25, 0.3) is 10.0 Å². The molecule has 1 N–H and O–H groups in total. The van der Waals surface area contributed by atoms with Crippen molar-refractivity contribution in [1.29, 1.82) is 0 Å². The van der Waals surface area contributed by atoms with Crippen molar-refractivity contribution in [2.75, 3.05) is 7.05 Å². The van der Waals surface area contributed by atoms with Crippen LogP contribution in [0.2, 0.25) is 0 Å². The number of sulfonamides is 1. The zero-order chi connectivity index (χ0) is 13.4. The van der Waals surface area contributed by atoms with Gasteiger partial charge in [-0.3, -0.25) is 9.48 Å². The molecule has 0 radical (unpaired) electrons. The second kappa shape index (κ2) is 4.11. The molecule has 0 unspecified atom stereocenters. The Labute approximate surface area is 99.7 Å². The van der Waals surface area contributed by atoms with Crippen molar-refractivity contribution in [1.82, 2.24) is 14.1 Å². The highest BCUT2D eigenvalue weighted by Crippen LogP contribution is 2.22. The van der Waals surface area contributed by atoms with Gasteiger partial charge in [-0.25, -0.2) is 8.42 Å². The lowest BCUT2D eigenvalue weighted by Crippen LogP contribution is -2.50. The molecule has 0 saturated carbocycles.